The van der Waals surface area contributed by atoms with Gasteiger partial charge in [-0.15, -0.1) is 0 Å². The predicted molar refractivity (Wildman–Crippen MR) is 114 cm³/mol. The lowest BCUT2D eigenvalue weighted by Gasteiger charge is -2.10. The number of ether oxygens (including phenoxy) is 2. The van der Waals surface area contributed by atoms with E-state index in [0.29, 0.717) is 22.4 Å². The zero-order valence-corrected chi connectivity index (χ0v) is 16.9. The molecule has 1 N–H and O–H groups in total. The van der Waals surface area contributed by atoms with Crippen molar-refractivity contribution in [2.75, 3.05) is 13.2 Å². The summed E-state index contributed by atoms with van der Waals surface area (Å²) in [6.45, 7) is 5.28. The van der Waals surface area contributed by atoms with Crippen LogP contribution < -0.4 is 14.8 Å². The Morgan fingerprint density at radius 2 is 1.74 bits per heavy atom. The van der Waals surface area contributed by atoms with E-state index in [2.05, 4.69) is 25.2 Å². The number of hydrogen-bond donors (Lipinski definition) is 1. The maximum atomic E-state index is 11.7. The quantitative estimate of drug-likeness (QED) is 0.418. The summed E-state index contributed by atoms with van der Waals surface area (Å²) >= 11 is 6.27. The molecule has 140 valence electrons. The lowest BCUT2D eigenvalue weighted by Crippen LogP contribution is -2.17. The highest BCUT2D eigenvalue weighted by atomic mass is 32.2. The third-order valence-electron chi connectivity index (χ3n) is 3.82. The van der Waals surface area contributed by atoms with Crippen molar-refractivity contribution in [3.8, 4) is 11.5 Å². The molecule has 0 radical (unpaired) electrons. The van der Waals surface area contributed by atoms with Gasteiger partial charge in [0.1, 0.15) is 15.8 Å². The van der Waals surface area contributed by atoms with E-state index in [9.17, 15) is 4.79 Å². The summed E-state index contributed by atoms with van der Waals surface area (Å²) in [4.78, 5) is 12.3. The summed E-state index contributed by atoms with van der Waals surface area (Å²) in [6, 6.07) is 13.8. The van der Waals surface area contributed by atoms with Crippen LogP contribution in [0, 0.1) is 13.8 Å². The van der Waals surface area contributed by atoms with Crippen LogP contribution in [0.3, 0.4) is 0 Å². The molecule has 27 heavy (non-hydrogen) atoms. The van der Waals surface area contributed by atoms with Gasteiger partial charge in [0, 0.05) is 6.42 Å². The molecule has 0 unspecified atom stereocenters. The van der Waals surface area contributed by atoms with E-state index >= 15 is 0 Å². The van der Waals surface area contributed by atoms with Crippen molar-refractivity contribution < 1.29 is 14.3 Å². The van der Waals surface area contributed by atoms with Gasteiger partial charge < -0.3 is 14.8 Å². The van der Waals surface area contributed by atoms with E-state index in [1.165, 1.54) is 22.9 Å². The molecule has 0 atom stereocenters. The molecule has 0 spiro atoms. The minimum atomic E-state index is -0.153. The molecule has 1 saturated heterocycles. The van der Waals surface area contributed by atoms with Crippen molar-refractivity contribution in [1.82, 2.24) is 5.32 Å². The number of carbonyl (C=O) groups is 1. The fourth-order valence-electron chi connectivity index (χ4n) is 2.72. The number of thiocarbonyl (C=S) groups is 1. The van der Waals surface area contributed by atoms with Crippen LogP contribution in [0.4, 0.5) is 0 Å². The zero-order valence-electron chi connectivity index (χ0n) is 15.3. The molecule has 1 aliphatic rings. The van der Waals surface area contributed by atoms with Gasteiger partial charge in [0.25, 0.3) is 5.91 Å². The molecule has 2 aromatic rings. The van der Waals surface area contributed by atoms with E-state index in [-0.39, 0.29) is 5.91 Å². The van der Waals surface area contributed by atoms with Crippen molar-refractivity contribution >= 4 is 40.3 Å². The van der Waals surface area contributed by atoms with Crippen molar-refractivity contribution in [1.29, 1.82) is 0 Å². The molecule has 3 rings (SSSR count). The largest absolute Gasteiger partial charge is 0.493 e. The molecular formula is C21H21NO3S2. The Labute approximate surface area is 168 Å². The average Bonchev–Trinajstić information content (AvgIpc) is 2.91. The Morgan fingerprint density at radius 1 is 1.04 bits per heavy atom. The second-order valence-electron chi connectivity index (χ2n) is 6.30. The van der Waals surface area contributed by atoms with E-state index < -0.39 is 0 Å². The minimum absolute atomic E-state index is 0.153. The first-order valence-corrected chi connectivity index (χ1v) is 9.91. The molecule has 0 bridgehead atoms. The maximum Gasteiger partial charge on any atom is 0.263 e. The molecule has 6 heteroatoms. The number of hydrogen-bond acceptors (Lipinski definition) is 5. The SMILES string of the molecule is Cc1cc(C)cc(OCCCOc2cccc(/C=C3\SC(=S)NC3=O)c2)c1. The number of nitrogens with one attached hydrogen (secondary N) is 1. The highest BCUT2D eigenvalue weighted by Gasteiger charge is 2.21. The third kappa shape index (κ3) is 5.84. The number of thioether (sulfide) groups is 1. The van der Waals surface area contributed by atoms with Gasteiger partial charge in [-0.05, 0) is 60.9 Å². The van der Waals surface area contributed by atoms with Crippen LogP contribution in [0.2, 0.25) is 0 Å². The number of aryl methyl sites for hydroxylation is 2. The van der Waals surface area contributed by atoms with Crippen LogP contribution in [-0.4, -0.2) is 23.4 Å². The molecule has 1 heterocycles. The number of benzene rings is 2. The highest BCUT2D eigenvalue weighted by Crippen LogP contribution is 2.26. The molecule has 0 aliphatic carbocycles. The summed E-state index contributed by atoms with van der Waals surface area (Å²) < 4.78 is 12.1. The molecule has 1 aliphatic heterocycles. The van der Waals surface area contributed by atoms with Crippen LogP contribution in [0.5, 0.6) is 11.5 Å². The van der Waals surface area contributed by atoms with Gasteiger partial charge >= 0.3 is 0 Å². The van der Waals surface area contributed by atoms with Gasteiger partial charge in [-0.2, -0.15) is 0 Å². The lowest BCUT2D eigenvalue weighted by molar-refractivity contribution is -0.115. The number of carbonyl (C=O) groups excluding carboxylic acids is 1. The van der Waals surface area contributed by atoms with E-state index in [1.54, 1.807) is 0 Å². The molecule has 0 aromatic heterocycles. The Bertz CT molecular complexity index is 872. The smallest absolute Gasteiger partial charge is 0.263 e. The first-order chi connectivity index (χ1) is 13.0. The van der Waals surface area contributed by atoms with Crippen molar-refractivity contribution in [2.24, 2.45) is 0 Å². The van der Waals surface area contributed by atoms with E-state index in [1.807, 2.05) is 42.5 Å². The minimum Gasteiger partial charge on any atom is -0.493 e. The topological polar surface area (TPSA) is 47.6 Å². The fourth-order valence-corrected chi connectivity index (χ4v) is 3.77. The summed E-state index contributed by atoms with van der Waals surface area (Å²) in [5.74, 6) is 1.51. The Morgan fingerprint density at radius 3 is 2.41 bits per heavy atom. The Hall–Kier alpha value is -2.31. The van der Waals surface area contributed by atoms with Crippen molar-refractivity contribution in [3.63, 3.8) is 0 Å². The van der Waals surface area contributed by atoms with Gasteiger partial charge in [-0.25, -0.2) is 0 Å². The number of rotatable bonds is 7. The first kappa shape index (κ1) is 19.5. The van der Waals surface area contributed by atoms with E-state index in [0.717, 1.165) is 23.5 Å². The van der Waals surface area contributed by atoms with Crippen molar-refractivity contribution in [2.45, 2.75) is 20.3 Å². The van der Waals surface area contributed by atoms with Gasteiger partial charge in [0.05, 0.1) is 18.1 Å². The van der Waals surface area contributed by atoms with Gasteiger partial charge in [-0.3, -0.25) is 4.79 Å². The average molecular weight is 400 g/mol. The maximum absolute atomic E-state index is 11.7. The third-order valence-corrected chi connectivity index (χ3v) is 4.98. The van der Waals surface area contributed by atoms with Gasteiger partial charge in [-0.1, -0.05) is 42.2 Å². The fraction of sp³-hybridized carbons (Fsp3) is 0.238. The molecular weight excluding hydrogens is 378 g/mol. The summed E-state index contributed by atoms with van der Waals surface area (Å²) in [7, 11) is 0. The lowest BCUT2D eigenvalue weighted by atomic mass is 10.1. The predicted octanol–water partition coefficient (Wildman–Crippen LogP) is 4.64. The van der Waals surface area contributed by atoms with Crippen LogP contribution in [0.25, 0.3) is 6.08 Å². The summed E-state index contributed by atoms with van der Waals surface area (Å²) in [5, 5.41) is 2.61. The first-order valence-electron chi connectivity index (χ1n) is 8.68. The van der Waals surface area contributed by atoms with Crippen LogP contribution >= 0.6 is 24.0 Å². The number of amides is 1. The standard InChI is InChI=1S/C21H21NO3S2/c1-14-9-15(2)11-18(10-14)25-8-4-7-24-17-6-3-5-16(12-17)13-19-20(23)22-21(26)27-19/h3,5-6,9-13H,4,7-8H2,1-2H3,(H,22,23,26)/b19-13-. The van der Waals surface area contributed by atoms with E-state index in [4.69, 9.17) is 21.7 Å². The Kier molecular flexibility index (Phi) is 6.53. The second-order valence-corrected chi connectivity index (χ2v) is 8.02. The highest BCUT2D eigenvalue weighted by molar-refractivity contribution is 8.26. The monoisotopic (exact) mass is 399 g/mol. The molecule has 0 saturated carbocycles. The van der Waals surface area contributed by atoms with Crippen LogP contribution in [0.1, 0.15) is 23.1 Å². The van der Waals surface area contributed by atoms with Gasteiger partial charge in [0.2, 0.25) is 0 Å². The summed E-state index contributed by atoms with van der Waals surface area (Å²) in [5.41, 5.74) is 3.30. The molecule has 2 aromatic carbocycles. The van der Waals surface area contributed by atoms with Crippen molar-refractivity contribution in [3.05, 3.63) is 64.1 Å². The van der Waals surface area contributed by atoms with Crippen LogP contribution in [-0.2, 0) is 4.79 Å². The van der Waals surface area contributed by atoms with Gasteiger partial charge in [0.15, 0.2) is 0 Å². The zero-order chi connectivity index (χ0) is 19.2. The Balaban J connectivity index is 1.48. The van der Waals surface area contributed by atoms with Crippen LogP contribution in [0.15, 0.2) is 47.4 Å². The molecule has 4 nitrogen and oxygen atoms in total. The molecule has 1 amide bonds. The second kappa shape index (κ2) is 9.06. The molecule has 1 fully saturated rings. The normalized spacial score (nSPS) is 15.1. The summed E-state index contributed by atoms with van der Waals surface area (Å²) in [6.07, 6.45) is 2.60.